The maximum atomic E-state index is 12.9. The first-order valence-corrected chi connectivity index (χ1v) is 9.45. The highest BCUT2D eigenvalue weighted by Crippen LogP contribution is 2.32. The second-order valence-corrected chi connectivity index (χ2v) is 6.78. The van der Waals surface area contributed by atoms with Crippen molar-refractivity contribution in [3.8, 4) is 5.75 Å². The van der Waals surface area contributed by atoms with E-state index in [1.807, 2.05) is 18.2 Å². The lowest BCUT2D eigenvalue weighted by molar-refractivity contribution is 0.0743. The summed E-state index contributed by atoms with van der Waals surface area (Å²) in [6.07, 6.45) is 1.75. The summed E-state index contributed by atoms with van der Waals surface area (Å²) in [7, 11) is 0. The van der Waals surface area contributed by atoms with Crippen molar-refractivity contribution in [2.75, 3.05) is 36.4 Å². The first-order valence-electron chi connectivity index (χ1n) is 8.72. The van der Waals surface area contributed by atoms with Gasteiger partial charge in [-0.3, -0.25) is 10.5 Å². The van der Waals surface area contributed by atoms with E-state index in [1.165, 1.54) is 0 Å². The molecule has 3 N–H and O–H groups in total. The average molecular weight is 396 g/mol. The lowest BCUT2D eigenvalue weighted by Gasteiger charge is -2.35. The van der Waals surface area contributed by atoms with Gasteiger partial charge in [-0.2, -0.15) is 8.75 Å². The maximum absolute atomic E-state index is 12.9. The summed E-state index contributed by atoms with van der Waals surface area (Å²) in [5.74, 6) is 0.740. The number of rotatable bonds is 4. The van der Waals surface area contributed by atoms with Crippen molar-refractivity contribution < 1.29 is 9.90 Å². The number of amides is 1. The molecule has 0 spiro atoms. The summed E-state index contributed by atoms with van der Waals surface area (Å²) in [5.41, 5.74) is 8.20. The van der Waals surface area contributed by atoms with E-state index < -0.39 is 0 Å². The number of aromatic nitrogens is 3. The van der Waals surface area contributed by atoms with Crippen LogP contribution in [0.4, 0.5) is 23.1 Å². The van der Waals surface area contributed by atoms with Crippen LogP contribution in [0.5, 0.6) is 5.75 Å². The molecule has 1 amide bonds. The summed E-state index contributed by atoms with van der Waals surface area (Å²) < 4.78 is 7.74. The monoisotopic (exact) mass is 396 g/mol. The zero-order valence-electron chi connectivity index (χ0n) is 14.9. The van der Waals surface area contributed by atoms with Gasteiger partial charge in [0, 0.05) is 32.4 Å². The second-order valence-electron chi connectivity index (χ2n) is 6.26. The Bertz CT molecular complexity index is 971. The normalized spacial score (nSPS) is 14.1. The minimum atomic E-state index is -0.232. The smallest absolute Gasteiger partial charge is 0.257 e. The molecule has 1 aromatic carbocycles. The van der Waals surface area contributed by atoms with Gasteiger partial charge in [-0.25, -0.2) is 4.98 Å². The first-order chi connectivity index (χ1) is 13.6. The molecule has 0 bridgehead atoms. The highest BCUT2D eigenvalue weighted by molar-refractivity contribution is 6.99. The van der Waals surface area contributed by atoms with E-state index in [9.17, 15) is 9.90 Å². The summed E-state index contributed by atoms with van der Waals surface area (Å²) in [4.78, 5) is 21.1. The van der Waals surface area contributed by atoms with Gasteiger partial charge in [0.05, 0.1) is 23.0 Å². The van der Waals surface area contributed by atoms with Crippen molar-refractivity contribution in [2.45, 2.75) is 0 Å². The van der Waals surface area contributed by atoms with Crippen molar-refractivity contribution in [2.24, 2.45) is 0 Å². The van der Waals surface area contributed by atoms with E-state index >= 15 is 0 Å². The van der Waals surface area contributed by atoms with Crippen LogP contribution < -0.4 is 16.0 Å². The molecule has 1 fully saturated rings. The van der Waals surface area contributed by atoms with Gasteiger partial charge in [-0.15, -0.1) is 0 Å². The minimum absolute atomic E-state index is 0.00762. The van der Waals surface area contributed by atoms with Crippen LogP contribution in [0.1, 0.15) is 10.4 Å². The topological polar surface area (TPSA) is 118 Å². The number of benzene rings is 1. The highest BCUT2D eigenvalue weighted by atomic mass is 32.1. The van der Waals surface area contributed by atoms with Gasteiger partial charge in [-0.05, 0) is 24.3 Å². The number of piperazine rings is 1. The molecule has 0 saturated carbocycles. The lowest BCUT2D eigenvalue weighted by Crippen LogP contribution is -2.49. The number of carbonyl (C=O) groups is 1. The number of para-hydroxylation sites is 1. The molecule has 28 heavy (non-hydrogen) atoms. The molecule has 143 valence electrons. The Morgan fingerprint density at radius 3 is 2.61 bits per heavy atom. The number of anilines is 3. The largest absolute Gasteiger partial charge is 0.505 e. The highest BCUT2D eigenvalue weighted by Gasteiger charge is 2.25. The van der Waals surface area contributed by atoms with Gasteiger partial charge in [0.2, 0.25) is 5.82 Å². The number of nitrogens with one attached hydrogen (secondary N) is 2. The Hall–Kier alpha value is -3.40. The van der Waals surface area contributed by atoms with E-state index in [0.717, 1.165) is 17.5 Å². The van der Waals surface area contributed by atoms with Crippen molar-refractivity contribution in [3.63, 3.8) is 0 Å². The Morgan fingerprint density at radius 2 is 1.93 bits per heavy atom. The van der Waals surface area contributed by atoms with Gasteiger partial charge in [0.1, 0.15) is 5.82 Å². The summed E-state index contributed by atoms with van der Waals surface area (Å²) in [5, 5.41) is 13.4. The third-order valence-electron chi connectivity index (χ3n) is 4.55. The van der Waals surface area contributed by atoms with Crippen LogP contribution in [0.15, 0.2) is 42.6 Å². The maximum Gasteiger partial charge on any atom is 0.257 e. The predicted molar refractivity (Wildman–Crippen MR) is 106 cm³/mol. The molecule has 4 rings (SSSR count). The molecule has 0 aliphatic carbocycles. The van der Waals surface area contributed by atoms with Crippen LogP contribution in [-0.2, 0) is 0 Å². The zero-order valence-corrected chi connectivity index (χ0v) is 15.7. The zero-order chi connectivity index (χ0) is 19.5. The summed E-state index contributed by atoms with van der Waals surface area (Å²) >= 11 is 0.906. The predicted octanol–water partition coefficient (Wildman–Crippen LogP) is 2.26. The van der Waals surface area contributed by atoms with Crippen molar-refractivity contribution >= 4 is 40.8 Å². The van der Waals surface area contributed by atoms with E-state index in [2.05, 4.69) is 23.9 Å². The number of nitrogens with zero attached hydrogens (tertiary/aromatic N) is 5. The molecule has 0 atom stereocenters. The van der Waals surface area contributed by atoms with Crippen LogP contribution in [0.25, 0.3) is 0 Å². The summed E-state index contributed by atoms with van der Waals surface area (Å²) in [6.45, 7) is 2.43. The fourth-order valence-corrected chi connectivity index (χ4v) is 3.49. The molecule has 0 unspecified atom stereocenters. The van der Waals surface area contributed by atoms with E-state index in [1.54, 1.807) is 29.3 Å². The SMILES string of the molecule is [NH]c1nsnc1Nc1cccc(C(=O)N2CCN(c3ccccn3)CC2)c1O. The molecular weight excluding hydrogens is 378 g/mol. The molecule has 3 heterocycles. The van der Waals surface area contributed by atoms with Crippen molar-refractivity contribution in [1.82, 2.24) is 24.4 Å². The van der Waals surface area contributed by atoms with E-state index in [-0.39, 0.29) is 28.9 Å². The standard InChI is InChI=1S/C18H18N7O2S/c19-16-17(23-28-22-16)21-13-5-3-4-12(15(13)26)18(27)25-10-8-24(9-11-25)14-6-1-2-7-20-14/h1-7,19,26H,8-11H2,(H,21,23). The summed E-state index contributed by atoms with van der Waals surface area (Å²) in [6, 6.07) is 10.7. The molecular formula is C18H18N7O2S. The van der Waals surface area contributed by atoms with Crippen LogP contribution in [-0.4, -0.2) is 55.8 Å². The molecule has 10 heteroatoms. The number of pyridine rings is 1. The van der Waals surface area contributed by atoms with Crippen LogP contribution >= 0.6 is 11.7 Å². The third kappa shape index (κ3) is 3.54. The number of hydrogen-bond acceptors (Lipinski definition) is 8. The first kappa shape index (κ1) is 18.0. The number of aromatic hydroxyl groups is 1. The van der Waals surface area contributed by atoms with E-state index in [4.69, 9.17) is 5.73 Å². The molecule has 9 nitrogen and oxygen atoms in total. The Kier molecular flexibility index (Phi) is 4.94. The number of carbonyl (C=O) groups excluding carboxylic acids is 1. The van der Waals surface area contributed by atoms with Crippen LogP contribution in [0.2, 0.25) is 0 Å². The van der Waals surface area contributed by atoms with Crippen molar-refractivity contribution in [3.05, 3.63) is 48.2 Å². The van der Waals surface area contributed by atoms with Crippen LogP contribution in [0, 0.1) is 0 Å². The molecule has 1 saturated heterocycles. The van der Waals surface area contributed by atoms with E-state index in [0.29, 0.717) is 31.9 Å². The number of phenols is 1. The van der Waals surface area contributed by atoms with Crippen LogP contribution in [0.3, 0.4) is 0 Å². The number of phenolic OH excluding ortho intramolecular Hbond substituents is 1. The molecule has 3 aromatic rings. The molecule has 2 aromatic heterocycles. The fraction of sp³-hybridized carbons (Fsp3) is 0.222. The average Bonchev–Trinajstić information content (AvgIpc) is 3.14. The molecule has 1 aliphatic rings. The Balaban J connectivity index is 1.47. The Labute approximate surface area is 165 Å². The van der Waals surface area contributed by atoms with Gasteiger partial charge in [0.25, 0.3) is 5.91 Å². The fourth-order valence-electron chi connectivity index (χ4n) is 3.06. The quantitative estimate of drug-likeness (QED) is 0.649. The second kappa shape index (κ2) is 7.69. The van der Waals surface area contributed by atoms with Gasteiger partial charge >= 0.3 is 0 Å². The van der Waals surface area contributed by atoms with Gasteiger partial charge in [0.15, 0.2) is 11.6 Å². The minimum Gasteiger partial charge on any atom is -0.505 e. The Morgan fingerprint density at radius 1 is 1.11 bits per heavy atom. The third-order valence-corrected chi connectivity index (χ3v) is 5.08. The van der Waals surface area contributed by atoms with Gasteiger partial charge in [-0.1, -0.05) is 12.1 Å². The van der Waals surface area contributed by atoms with Gasteiger partial charge < -0.3 is 20.2 Å². The molecule has 1 radical (unpaired) electrons. The molecule has 1 aliphatic heterocycles. The number of hydrogen-bond donors (Lipinski definition) is 2. The lowest BCUT2D eigenvalue weighted by atomic mass is 10.1. The van der Waals surface area contributed by atoms with Crippen molar-refractivity contribution in [1.29, 1.82) is 0 Å².